The van der Waals surface area contributed by atoms with Crippen LogP contribution in [0.3, 0.4) is 0 Å². The van der Waals surface area contributed by atoms with Crippen LogP contribution in [0, 0.1) is 13.8 Å². The summed E-state index contributed by atoms with van der Waals surface area (Å²) in [7, 11) is 0. The van der Waals surface area contributed by atoms with Crippen molar-refractivity contribution in [1.82, 2.24) is 0 Å². The Morgan fingerprint density at radius 1 is 0.889 bits per heavy atom. The van der Waals surface area contributed by atoms with Crippen molar-refractivity contribution in [3.63, 3.8) is 0 Å². The molecule has 2 aromatic carbocycles. The van der Waals surface area contributed by atoms with Gasteiger partial charge in [0.2, 0.25) is 0 Å². The van der Waals surface area contributed by atoms with Crippen molar-refractivity contribution >= 4 is 37.6 Å². The SMILES string of the molecule is Cc1cc(Br)c(C(=O)c2ccccc2C)cc1Br. The Labute approximate surface area is 123 Å². The largest absolute Gasteiger partial charge is 0.289 e. The first kappa shape index (κ1) is 13.5. The summed E-state index contributed by atoms with van der Waals surface area (Å²) in [4.78, 5) is 12.5. The number of carbonyl (C=O) groups excluding carboxylic acids is 1. The fraction of sp³-hybridized carbons (Fsp3) is 0.133. The third-order valence-corrected chi connectivity index (χ3v) is 4.39. The van der Waals surface area contributed by atoms with Crippen molar-refractivity contribution in [2.24, 2.45) is 0 Å². The molecule has 0 aliphatic carbocycles. The van der Waals surface area contributed by atoms with Gasteiger partial charge < -0.3 is 0 Å². The first-order valence-corrected chi connectivity index (χ1v) is 7.15. The lowest BCUT2D eigenvalue weighted by atomic mass is 9.98. The summed E-state index contributed by atoms with van der Waals surface area (Å²) in [5.41, 5.74) is 3.52. The van der Waals surface area contributed by atoms with E-state index < -0.39 is 0 Å². The second kappa shape index (κ2) is 5.37. The van der Waals surface area contributed by atoms with Crippen molar-refractivity contribution < 1.29 is 4.79 Å². The van der Waals surface area contributed by atoms with Gasteiger partial charge >= 0.3 is 0 Å². The van der Waals surface area contributed by atoms with E-state index in [1.54, 1.807) is 0 Å². The number of benzene rings is 2. The molecule has 0 atom stereocenters. The Kier molecular flexibility index (Phi) is 4.03. The molecule has 2 aromatic rings. The molecule has 3 heteroatoms. The predicted octanol–water partition coefficient (Wildman–Crippen LogP) is 5.06. The summed E-state index contributed by atoms with van der Waals surface area (Å²) in [6, 6.07) is 11.5. The van der Waals surface area contributed by atoms with Gasteiger partial charge in [-0.2, -0.15) is 0 Å². The first-order chi connectivity index (χ1) is 8.50. The minimum atomic E-state index is 0.0423. The zero-order valence-corrected chi connectivity index (χ0v) is 13.3. The Morgan fingerprint density at radius 2 is 1.56 bits per heavy atom. The standard InChI is InChI=1S/C15H12Br2O/c1-9-5-3-4-6-11(9)15(18)12-8-13(16)10(2)7-14(12)17/h3-8H,1-2H3. The molecule has 0 saturated heterocycles. The molecule has 18 heavy (non-hydrogen) atoms. The number of hydrogen-bond donors (Lipinski definition) is 0. The average Bonchev–Trinajstić information content (AvgIpc) is 2.33. The van der Waals surface area contributed by atoms with Crippen molar-refractivity contribution in [2.45, 2.75) is 13.8 Å². The van der Waals surface area contributed by atoms with Crippen LogP contribution in [0.25, 0.3) is 0 Å². The minimum Gasteiger partial charge on any atom is -0.289 e. The number of carbonyl (C=O) groups is 1. The van der Waals surface area contributed by atoms with Crippen LogP contribution in [0.1, 0.15) is 27.0 Å². The molecule has 0 aliphatic heterocycles. The van der Waals surface area contributed by atoms with Gasteiger partial charge in [0.05, 0.1) is 0 Å². The van der Waals surface area contributed by atoms with E-state index >= 15 is 0 Å². The van der Waals surface area contributed by atoms with Crippen molar-refractivity contribution in [3.8, 4) is 0 Å². The second-order valence-corrected chi connectivity index (χ2v) is 5.93. The number of ketones is 1. The summed E-state index contributed by atoms with van der Waals surface area (Å²) in [6.07, 6.45) is 0. The molecular formula is C15H12Br2O. The summed E-state index contributed by atoms with van der Waals surface area (Å²) in [5, 5.41) is 0. The van der Waals surface area contributed by atoms with Gasteiger partial charge in [-0.1, -0.05) is 56.1 Å². The molecule has 0 aliphatic rings. The van der Waals surface area contributed by atoms with E-state index in [1.165, 1.54) is 0 Å². The number of hydrogen-bond acceptors (Lipinski definition) is 1. The van der Waals surface area contributed by atoms with Gasteiger partial charge in [0.25, 0.3) is 0 Å². The smallest absolute Gasteiger partial charge is 0.194 e. The van der Waals surface area contributed by atoms with Gasteiger partial charge in [0.15, 0.2) is 5.78 Å². The van der Waals surface area contributed by atoms with E-state index in [0.29, 0.717) is 5.56 Å². The Balaban J connectivity index is 2.53. The van der Waals surface area contributed by atoms with Crippen LogP contribution in [0.4, 0.5) is 0 Å². The van der Waals surface area contributed by atoms with E-state index in [0.717, 1.165) is 25.6 Å². The molecule has 0 aromatic heterocycles. The van der Waals surface area contributed by atoms with Crippen molar-refractivity contribution in [3.05, 3.63) is 67.6 Å². The second-order valence-electron chi connectivity index (χ2n) is 4.23. The van der Waals surface area contributed by atoms with Crippen LogP contribution in [-0.4, -0.2) is 5.78 Å². The summed E-state index contributed by atoms with van der Waals surface area (Å²) >= 11 is 6.93. The molecule has 0 saturated carbocycles. The Morgan fingerprint density at radius 3 is 2.22 bits per heavy atom. The molecule has 92 valence electrons. The zero-order valence-electron chi connectivity index (χ0n) is 10.1. The predicted molar refractivity (Wildman–Crippen MR) is 81.2 cm³/mol. The molecule has 0 bridgehead atoms. The fourth-order valence-corrected chi connectivity index (χ4v) is 2.77. The molecule has 1 nitrogen and oxygen atoms in total. The highest BCUT2D eigenvalue weighted by atomic mass is 79.9. The van der Waals surface area contributed by atoms with Gasteiger partial charge in [-0.25, -0.2) is 0 Å². The molecule has 0 spiro atoms. The van der Waals surface area contributed by atoms with E-state index in [2.05, 4.69) is 31.9 Å². The van der Waals surface area contributed by atoms with Gasteiger partial charge in [-0.05, 0) is 37.1 Å². The maximum Gasteiger partial charge on any atom is 0.194 e. The minimum absolute atomic E-state index is 0.0423. The highest BCUT2D eigenvalue weighted by Gasteiger charge is 2.15. The van der Waals surface area contributed by atoms with Crippen LogP contribution < -0.4 is 0 Å². The van der Waals surface area contributed by atoms with Crippen LogP contribution in [-0.2, 0) is 0 Å². The number of halogens is 2. The van der Waals surface area contributed by atoms with E-state index in [4.69, 9.17) is 0 Å². The average molecular weight is 368 g/mol. The lowest BCUT2D eigenvalue weighted by Crippen LogP contribution is -2.05. The lowest BCUT2D eigenvalue weighted by Gasteiger charge is -2.09. The zero-order chi connectivity index (χ0) is 13.3. The summed E-state index contributed by atoms with van der Waals surface area (Å²) < 4.78 is 1.78. The summed E-state index contributed by atoms with van der Waals surface area (Å²) in [6.45, 7) is 3.95. The molecule has 0 fully saturated rings. The number of rotatable bonds is 2. The van der Waals surface area contributed by atoms with Crippen molar-refractivity contribution in [2.75, 3.05) is 0 Å². The van der Waals surface area contributed by atoms with E-state index in [1.807, 2.05) is 50.2 Å². The van der Waals surface area contributed by atoms with E-state index in [-0.39, 0.29) is 5.78 Å². The maximum absolute atomic E-state index is 12.5. The monoisotopic (exact) mass is 366 g/mol. The third-order valence-electron chi connectivity index (χ3n) is 2.88. The van der Waals surface area contributed by atoms with Gasteiger partial charge in [0, 0.05) is 20.1 Å². The first-order valence-electron chi connectivity index (χ1n) is 5.56. The fourth-order valence-electron chi connectivity index (χ4n) is 1.79. The number of aryl methyl sites for hydroxylation is 2. The molecule has 2 rings (SSSR count). The van der Waals surface area contributed by atoms with Crippen LogP contribution in [0.5, 0.6) is 0 Å². The van der Waals surface area contributed by atoms with Crippen molar-refractivity contribution in [1.29, 1.82) is 0 Å². The molecular weight excluding hydrogens is 356 g/mol. The maximum atomic E-state index is 12.5. The molecule has 0 N–H and O–H groups in total. The van der Waals surface area contributed by atoms with Crippen LogP contribution in [0.15, 0.2) is 45.3 Å². The highest BCUT2D eigenvalue weighted by Crippen LogP contribution is 2.28. The normalized spacial score (nSPS) is 10.4. The summed E-state index contributed by atoms with van der Waals surface area (Å²) in [5.74, 6) is 0.0423. The Bertz CT molecular complexity index is 618. The van der Waals surface area contributed by atoms with E-state index in [9.17, 15) is 4.79 Å². The van der Waals surface area contributed by atoms with Gasteiger partial charge in [-0.3, -0.25) is 4.79 Å². The quantitative estimate of drug-likeness (QED) is 0.678. The van der Waals surface area contributed by atoms with Crippen LogP contribution in [0.2, 0.25) is 0 Å². The highest BCUT2D eigenvalue weighted by molar-refractivity contribution is 9.11. The molecule has 0 unspecified atom stereocenters. The Hall–Kier alpha value is -0.930. The topological polar surface area (TPSA) is 17.1 Å². The van der Waals surface area contributed by atoms with Gasteiger partial charge in [0.1, 0.15) is 0 Å². The molecule has 0 amide bonds. The van der Waals surface area contributed by atoms with Crippen LogP contribution >= 0.6 is 31.9 Å². The van der Waals surface area contributed by atoms with Gasteiger partial charge in [-0.15, -0.1) is 0 Å². The molecule has 0 heterocycles. The molecule has 0 radical (unpaired) electrons. The lowest BCUT2D eigenvalue weighted by molar-refractivity contribution is 0.103. The third kappa shape index (κ3) is 2.57.